The molecule has 106 heavy (non-hydrogen) atoms. The SMILES string of the molecule is [2H]c1c([2H])c([2H])c(-c2ccc3c(c2)N(c2cc(-c4ccccc4C(C)(C)C)cc4oc5ccccc5c24)c2cc(-c4cccc(C(C)(C)C)c4)cc4c2B3c2ccc(-n3c5ccc(C(C)(C)C)cc5c5cc(C(C)(C)C)ccc53)cc2N4c2c(-c3ccccc3)ccc3c2c2ccccc2n3-c2ccccc2)c([2H])c1[2H]. The van der Waals surface area contributed by atoms with Gasteiger partial charge in [0, 0.05) is 66.6 Å². The van der Waals surface area contributed by atoms with Crippen molar-refractivity contribution in [3.63, 3.8) is 0 Å². The Kier molecular flexibility index (Phi) is 13.4. The van der Waals surface area contributed by atoms with Gasteiger partial charge in [0.1, 0.15) is 11.2 Å². The predicted molar refractivity (Wildman–Crippen MR) is 453 cm³/mol. The van der Waals surface area contributed by atoms with E-state index in [0.717, 1.165) is 144 Å². The lowest BCUT2D eigenvalue weighted by Crippen LogP contribution is -2.61. The number of anilines is 6. The van der Waals surface area contributed by atoms with E-state index in [0.29, 0.717) is 11.1 Å². The molecule has 17 aromatic rings. The Morgan fingerprint density at radius 3 is 1.56 bits per heavy atom. The Morgan fingerprint density at radius 2 is 0.858 bits per heavy atom. The summed E-state index contributed by atoms with van der Waals surface area (Å²) >= 11 is 0. The van der Waals surface area contributed by atoms with E-state index in [1.54, 1.807) is 0 Å². The Hall–Kier alpha value is -11.9. The van der Waals surface area contributed by atoms with Gasteiger partial charge in [-0.3, -0.25) is 0 Å². The lowest BCUT2D eigenvalue weighted by molar-refractivity contribution is 0.590. The van der Waals surface area contributed by atoms with E-state index < -0.39 is 24.8 Å². The lowest BCUT2D eigenvalue weighted by atomic mass is 9.33. The molecule has 5 nitrogen and oxygen atoms in total. The summed E-state index contributed by atoms with van der Waals surface area (Å²) in [4.78, 5) is 5.09. The number of hydrogen-bond donors (Lipinski definition) is 0. The van der Waals surface area contributed by atoms with Gasteiger partial charge in [-0.2, -0.15) is 0 Å². The molecule has 0 spiro atoms. The van der Waals surface area contributed by atoms with Crippen molar-refractivity contribution in [2.24, 2.45) is 0 Å². The summed E-state index contributed by atoms with van der Waals surface area (Å²) in [7, 11) is 0. The van der Waals surface area contributed by atoms with Crippen LogP contribution in [0.2, 0.25) is 0 Å². The van der Waals surface area contributed by atoms with Crippen molar-refractivity contribution in [1.29, 1.82) is 0 Å². The molecule has 5 heterocycles. The standard InChI is InChI=1S/C100H85BN4O/c1-97(2,3)68-34-28-33-64(53-68)66-55-89-95-90(56-66)105(96-74(63-31-18-14-19-32-63)47-52-85-94(96)75-38-23-26-41-82(75)102(85)71-35-20-15-21-36-71)87-61-72(103-83-50-44-69(98(4,5)6)59-77(83)78-60-70(99(7,8)9)45-51-84(78)103)46-49-81(87)101(95)80-48-43-65(62-29-16-13-17-30-62)54-86(80)104(89)88-57-67(73-37-22-25-40-79(73)100(10,11)12)58-92-93(88)76-39-24-27-42-91(76)106-92/h13-61H,1-12H3/i13D,16D,17D,29D,30D. The van der Waals surface area contributed by atoms with Crippen molar-refractivity contribution < 1.29 is 11.3 Å². The molecule has 2 aliphatic rings. The van der Waals surface area contributed by atoms with Crippen LogP contribution in [-0.2, 0) is 21.7 Å². The van der Waals surface area contributed by atoms with E-state index in [9.17, 15) is 5.48 Å². The second kappa shape index (κ2) is 23.8. The minimum atomic E-state index is -0.473. The lowest BCUT2D eigenvalue weighted by Gasteiger charge is -2.45. The molecular formula is C100H85BN4O. The van der Waals surface area contributed by atoms with Gasteiger partial charge < -0.3 is 23.4 Å². The summed E-state index contributed by atoms with van der Waals surface area (Å²) in [5.41, 5.74) is 27.6. The Labute approximate surface area is 629 Å². The number of rotatable bonds is 8. The molecular weight excluding hydrogens is 1280 g/mol. The molecule has 0 amide bonds. The average Bonchev–Trinajstić information content (AvgIpc) is 1.59. The maximum absolute atomic E-state index is 9.70. The van der Waals surface area contributed by atoms with Gasteiger partial charge in [-0.05, 0) is 196 Å². The second-order valence-corrected chi connectivity index (χ2v) is 33.4. The summed E-state index contributed by atoms with van der Waals surface area (Å²) in [6, 6.07) is 96.7. The van der Waals surface area contributed by atoms with E-state index in [1.807, 2.05) is 12.1 Å². The molecule has 514 valence electrons. The van der Waals surface area contributed by atoms with Gasteiger partial charge in [0.2, 0.25) is 0 Å². The van der Waals surface area contributed by atoms with E-state index in [-0.39, 0.29) is 39.3 Å². The fourth-order valence-electron chi connectivity index (χ4n) is 17.3. The van der Waals surface area contributed by atoms with Crippen molar-refractivity contribution in [2.45, 2.75) is 105 Å². The number of fused-ring (bicyclic) bond motifs is 13. The first-order valence-corrected chi connectivity index (χ1v) is 37.3. The highest BCUT2D eigenvalue weighted by Crippen LogP contribution is 2.55. The predicted octanol–water partition coefficient (Wildman–Crippen LogP) is 25.7. The van der Waals surface area contributed by atoms with Gasteiger partial charge in [0.15, 0.2) is 0 Å². The molecule has 0 radical (unpaired) electrons. The topological polar surface area (TPSA) is 29.5 Å². The zero-order valence-electron chi connectivity index (χ0n) is 67.2. The Morgan fingerprint density at radius 1 is 0.311 bits per heavy atom. The highest BCUT2D eigenvalue weighted by atomic mass is 16.3. The maximum Gasteiger partial charge on any atom is 0.252 e. The maximum atomic E-state index is 9.70. The van der Waals surface area contributed by atoms with Gasteiger partial charge in [-0.25, -0.2) is 0 Å². The molecule has 0 atom stereocenters. The third-order valence-electron chi connectivity index (χ3n) is 22.5. The summed E-state index contributed by atoms with van der Waals surface area (Å²) in [6.07, 6.45) is 0. The first-order chi connectivity index (χ1) is 53.2. The monoisotopic (exact) mass is 1370 g/mol. The average molecular weight is 1370 g/mol. The van der Waals surface area contributed by atoms with E-state index >= 15 is 0 Å². The molecule has 19 rings (SSSR count). The third-order valence-corrected chi connectivity index (χ3v) is 22.5. The van der Waals surface area contributed by atoms with Crippen LogP contribution < -0.4 is 26.2 Å². The summed E-state index contributed by atoms with van der Waals surface area (Å²) in [6.45, 7) is 27.0. The van der Waals surface area contributed by atoms with Crippen LogP contribution in [0.3, 0.4) is 0 Å². The molecule has 3 aromatic heterocycles. The quantitative estimate of drug-likeness (QED) is 0.142. The smallest absolute Gasteiger partial charge is 0.252 e. The second-order valence-electron chi connectivity index (χ2n) is 33.4. The van der Waals surface area contributed by atoms with Crippen molar-refractivity contribution in [1.82, 2.24) is 9.13 Å². The molecule has 0 N–H and O–H groups in total. The van der Waals surface area contributed by atoms with Crippen molar-refractivity contribution in [3.8, 4) is 55.9 Å². The Bertz CT molecular complexity index is 6680. The number of hydrogen-bond acceptors (Lipinski definition) is 3. The zero-order chi connectivity index (χ0) is 76.8. The third kappa shape index (κ3) is 10.3. The van der Waals surface area contributed by atoms with Crippen LogP contribution in [0, 0.1) is 0 Å². The molecule has 0 unspecified atom stereocenters. The first-order valence-electron chi connectivity index (χ1n) is 39.8. The highest BCUT2D eigenvalue weighted by Gasteiger charge is 2.46. The highest BCUT2D eigenvalue weighted by molar-refractivity contribution is 7.00. The fraction of sp³-hybridized carbons (Fsp3) is 0.160. The number of aromatic nitrogens is 2. The molecule has 2 aliphatic heterocycles. The Balaban J connectivity index is 1.02. The van der Waals surface area contributed by atoms with Crippen LogP contribution in [0.5, 0.6) is 0 Å². The minimum Gasteiger partial charge on any atom is -0.456 e. The van der Waals surface area contributed by atoms with Crippen molar-refractivity contribution >= 4 is 123 Å². The van der Waals surface area contributed by atoms with Crippen LogP contribution in [0.25, 0.3) is 121 Å². The summed E-state index contributed by atoms with van der Waals surface area (Å²) in [5.74, 6) is 0. The van der Waals surface area contributed by atoms with Crippen molar-refractivity contribution in [3.05, 3.63) is 319 Å². The molecule has 0 bridgehead atoms. The zero-order valence-corrected chi connectivity index (χ0v) is 62.2. The molecule has 0 saturated heterocycles. The van der Waals surface area contributed by atoms with E-state index in [4.69, 9.17) is 5.79 Å². The first kappa shape index (κ1) is 59.5. The van der Waals surface area contributed by atoms with Gasteiger partial charge in [0.05, 0.1) is 45.7 Å². The minimum absolute atomic E-state index is 0.114. The number of furan rings is 1. The molecule has 14 aromatic carbocycles. The summed E-state index contributed by atoms with van der Waals surface area (Å²) in [5, 5.41) is 6.44. The van der Waals surface area contributed by atoms with Gasteiger partial charge in [0.25, 0.3) is 6.71 Å². The number of benzene rings is 14. The van der Waals surface area contributed by atoms with Gasteiger partial charge >= 0.3 is 0 Å². The number of nitrogens with zero attached hydrogens (tertiary/aromatic N) is 4. The van der Waals surface area contributed by atoms with Crippen molar-refractivity contribution in [2.75, 3.05) is 9.80 Å². The van der Waals surface area contributed by atoms with E-state index in [1.165, 1.54) is 33.0 Å². The summed E-state index contributed by atoms with van der Waals surface area (Å²) < 4.78 is 58.8. The van der Waals surface area contributed by atoms with Gasteiger partial charge in [-0.1, -0.05) is 283 Å². The van der Waals surface area contributed by atoms with Gasteiger partial charge in [-0.15, -0.1) is 0 Å². The largest absolute Gasteiger partial charge is 0.456 e. The van der Waals surface area contributed by atoms with Crippen LogP contribution in [0.4, 0.5) is 34.1 Å². The normalized spacial score (nSPS) is 13.9. The van der Waals surface area contributed by atoms with Crippen LogP contribution in [-0.4, -0.2) is 15.8 Å². The molecule has 0 fully saturated rings. The van der Waals surface area contributed by atoms with Crippen LogP contribution in [0.1, 0.15) is 112 Å². The molecule has 6 heteroatoms. The molecule has 0 aliphatic carbocycles. The van der Waals surface area contributed by atoms with Crippen LogP contribution >= 0.6 is 0 Å². The number of para-hydroxylation sites is 3. The van der Waals surface area contributed by atoms with Crippen LogP contribution in [0.15, 0.2) is 302 Å². The fourth-order valence-corrected chi connectivity index (χ4v) is 17.3. The molecule has 0 saturated carbocycles. The van der Waals surface area contributed by atoms with E-state index in [2.05, 4.69) is 357 Å².